The summed E-state index contributed by atoms with van der Waals surface area (Å²) in [5.41, 5.74) is 0.533. The quantitative estimate of drug-likeness (QED) is 0.767. The Labute approximate surface area is 124 Å². The number of nitrogens with one attached hydrogen (secondary N) is 1. The summed E-state index contributed by atoms with van der Waals surface area (Å²) in [7, 11) is 0. The fourth-order valence-electron chi connectivity index (χ4n) is 3.35. The van der Waals surface area contributed by atoms with Gasteiger partial charge >= 0.3 is 0 Å². The molecule has 1 aliphatic carbocycles. The molecule has 0 unspecified atom stereocenters. The fourth-order valence-corrected chi connectivity index (χ4v) is 3.35. The maximum atomic E-state index is 4.24. The molecule has 1 aromatic rings. The van der Waals surface area contributed by atoms with Crippen LogP contribution in [0.2, 0.25) is 0 Å². The van der Waals surface area contributed by atoms with Crippen LogP contribution >= 0.6 is 0 Å². The van der Waals surface area contributed by atoms with E-state index in [-0.39, 0.29) is 0 Å². The van der Waals surface area contributed by atoms with Crippen molar-refractivity contribution in [3.63, 3.8) is 0 Å². The van der Waals surface area contributed by atoms with E-state index in [1.165, 1.54) is 38.5 Å². The molecule has 1 heterocycles. The molecule has 114 valence electrons. The van der Waals surface area contributed by atoms with Gasteiger partial charge in [0.25, 0.3) is 0 Å². The lowest BCUT2D eigenvalue weighted by Crippen LogP contribution is -2.37. The molecule has 1 N–H and O–H groups in total. The van der Waals surface area contributed by atoms with Crippen LogP contribution in [0.4, 0.5) is 0 Å². The zero-order valence-corrected chi connectivity index (χ0v) is 13.4. The fraction of sp³-hybridized carbons (Fsp3) is 0.824. The van der Waals surface area contributed by atoms with Gasteiger partial charge in [0.05, 0.1) is 0 Å². The second-order valence-electron chi connectivity index (χ2n) is 6.97. The number of aromatic nitrogens is 2. The largest absolute Gasteiger partial charge is 0.314 e. The van der Waals surface area contributed by atoms with Gasteiger partial charge in [-0.05, 0) is 56.0 Å². The molecular formula is C17H31N3. The Morgan fingerprint density at radius 3 is 2.60 bits per heavy atom. The highest BCUT2D eigenvalue weighted by molar-refractivity contribution is 4.85. The number of nitrogens with zero attached hydrogens (tertiary/aromatic N) is 2. The van der Waals surface area contributed by atoms with Gasteiger partial charge in [-0.15, -0.1) is 0 Å². The van der Waals surface area contributed by atoms with E-state index in [9.17, 15) is 0 Å². The van der Waals surface area contributed by atoms with E-state index in [0.717, 1.165) is 25.0 Å². The Bertz CT molecular complexity index is 362. The Kier molecular flexibility index (Phi) is 5.64. The zero-order valence-electron chi connectivity index (χ0n) is 13.4. The lowest BCUT2D eigenvalue weighted by Gasteiger charge is -2.39. The number of hydrogen-bond acceptors (Lipinski definition) is 2. The molecular weight excluding hydrogens is 246 g/mol. The van der Waals surface area contributed by atoms with Crippen molar-refractivity contribution in [2.75, 3.05) is 6.54 Å². The highest BCUT2D eigenvalue weighted by Crippen LogP contribution is 2.40. The number of rotatable bonds is 7. The van der Waals surface area contributed by atoms with E-state index in [1.54, 1.807) is 0 Å². The van der Waals surface area contributed by atoms with E-state index in [2.05, 4.69) is 31.2 Å². The Balaban J connectivity index is 1.60. The van der Waals surface area contributed by atoms with Crippen LogP contribution in [0.15, 0.2) is 18.5 Å². The molecule has 1 aromatic heterocycles. The maximum Gasteiger partial charge on any atom is 0.0489 e. The summed E-state index contributed by atoms with van der Waals surface area (Å²) < 4.78 is 2.02. The average Bonchev–Trinajstić information content (AvgIpc) is 2.97. The molecule has 0 bridgehead atoms. The second-order valence-corrected chi connectivity index (χ2v) is 6.97. The molecule has 1 fully saturated rings. The summed E-state index contributed by atoms with van der Waals surface area (Å²) in [6.07, 6.45) is 11.9. The van der Waals surface area contributed by atoms with Gasteiger partial charge in [0.15, 0.2) is 0 Å². The molecule has 0 aromatic carbocycles. The molecule has 0 radical (unpaired) electrons. The number of hydrogen-bond donors (Lipinski definition) is 1. The molecule has 0 saturated heterocycles. The van der Waals surface area contributed by atoms with Gasteiger partial charge in [-0.2, -0.15) is 5.10 Å². The van der Waals surface area contributed by atoms with Gasteiger partial charge in [-0.3, -0.25) is 4.68 Å². The summed E-state index contributed by atoms with van der Waals surface area (Å²) in [5.74, 6) is 0.926. The lowest BCUT2D eigenvalue weighted by molar-refractivity contribution is 0.137. The van der Waals surface area contributed by atoms with Crippen LogP contribution in [0.5, 0.6) is 0 Å². The van der Waals surface area contributed by atoms with Crippen LogP contribution in [0.25, 0.3) is 0 Å². The van der Waals surface area contributed by atoms with Crippen LogP contribution in [-0.4, -0.2) is 22.4 Å². The van der Waals surface area contributed by atoms with Crippen LogP contribution in [-0.2, 0) is 6.54 Å². The van der Waals surface area contributed by atoms with Crippen molar-refractivity contribution in [2.24, 2.45) is 11.3 Å². The summed E-state index contributed by atoms with van der Waals surface area (Å²) in [6, 6.07) is 2.74. The maximum absolute atomic E-state index is 4.24. The SMILES string of the molecule is CCC(C)(C)C1CCC(NCCCn2cccn2)CC1. The highest BCUT2D eigenvalue weighted by atomic mass is 15.3. The Hall–Kier alpha value is -0.830. The Morgan fingerprint density at radius 2 is 2.00 bits per heavy atom. The van der Waals surface area contributed by atoms with Gasteiger partial charge in [0, 0.05) is 25.0 Å². The predicted molar refractivity (Wildman–Crippen MR) is 84.7 cm³/mol. The van der Waals surface area contributed by atoms with E-state index >= 15 is 0 Å². The smallest absolute Gasteiger partial charge is 0.0489 e. The number of aryl methyl sites for hydroxylation is 1. The molecule has 3 heteroatoms. The first kappa shape index (κ1) is 15.6. The third-order valence-corrected chi connectivity index (χ3v) is 5.30. The van der Waals surface area contributed by atoms with Gasteiger partial charge < -0.3 is 5.32 Å². The zero-order chi connectivity index (χ0) is 14.4. The summed E-state index contributed by atoms with van der Waals surface area (Å²) in [6.45, 7) is 9.36. The molecule has 1 aliphatic rings. The second kappa shape index (κ2) is 7.26. The molecule has 2 rings (SSSR count). The summed E-state index contributed by atoms with van der Waals surface area (Å²) in [5, 5.41) is 7.97. The molecule has 0 aliphatic heterocycles. The van der Waals surface area contributed by atoms with Crippen molar-refractivity contribution in [3.05, 3.63) is 18.5 Å². The predicted octanol–water partition coefficient (Wildman–Crippen LogP) is 3.86. The van der Waals surface area contributed by atoms with Gasteiger partial charge in [0.2, 0.25) is 0 Å². The van der Waals surface area contributed by atoms with Crippen LogP contribution in [0.3, 0.4) is 0 Å². The normalized spacial score (nSPS) is 23.9. The molecule has 0 atom stereocenters. The molecule has 1 saturated carbocycles. The van der Waals surface area contributed by atoms with Crippen molar-refractivity contribution in [1.82, 2.24) is 15.1 Å². The first-order chi connectivity index (χ1) is 9.62. The minimum Gasteiger partial charge on any atom is -0.314 e. The molecule has 0 amide bonds. The van der Waals surface area contributed by atoms with E-state index in [0.29, 0.717) is 5.41 Å². The third-order valence-electron chi connectivity index (χ3n) is 5.30. The first-order valence-electron chi connectivity index (χ1n) is 8.32. The average molecular weight is 277 g/mol. The lowest BCUT2D eigenvalue weighted by atomic mass is 9.69. The summed E-state index contributed by atoms with van der Waals surface area (Å²) in [4.78, 5) is 0. The van der Waals surface area contributed by atoms with Crippen LogP contribution < -0.4 is 5.32 Å². The van der Waals surface area contributed by atoms with Gasteiger partial charge in [-0.25, -0.2) is 0 Å². The van der Waals surface area contributed by atoms with Crippen LogP contribution in [0.1, 0.15) is 59.3 Å². The Morgan fingerprint density at radius 1 is 1.25 bits per heavy atom. The van der Waals surface area contributed by atoms with Crippen molar-refractivity contribution in [3.8, 4) is 0 Å². The van der Waals surface area contributed by atoms with E-state index < -0.39 is 0 Å². The van der Waals surface area contributed by atoms with Crippen molar-refractivity contribution in [1.29, 1.82) is 0 Å². The molecule has 20 heavy (non-hydrogen) atoms. The van der Waals surface area contributed by atoms with E-state index in [1.807, 2.05) is 23.1 Å². The highest BCUT2D eigenvalue weighted by Gasteiger charge is 2.31. The minimum atomic E-state index is 0.533. The van der Waals surface area contributed by atoms with Crippen molar-refractivity contribution >= 4 is 0 Å². The van der Waals surface area contributed by atoms with Gasteiger partial charge in [0.1, 0.15) is 0 Å². The molecule has 3 nitrogen and oxygen atoms in total. The van der Waals surface area contributed by atoms with Crippen molar-refractivity contribution < 1.29 is 0 Å². The topological polar surface area (TPSA) is 29.9 Å². The standard InChI is InChI=1S/C17H31N3/c1-4-17(2,3)15-7-9-16(10-8-15)18-11-5-13-20-14-6-12-19-20/h6,12,14-16,18H,4-5,7-11,13H2,1-3H3. The van der Waals surface area contributed by atoms with Crippen LogP contribution in [0, 0.1) is 11.3 Å². The van der Waals surface area contributed by atoms with Crippen molar-refractivity contribution in [2.45, 2.75) is 71.9 Å². The summed E-state index contributed by atoms with van der Waals surface area (Å²) >= 11 is 0. The minimum absolute atomic E-state index is 0.533. The monoisotopic (exact) mass is 277 g/mol. The third kappa shape index (κ3) is 4.34. The van der Waals surface area contributed by atoms with E-state index in [4.69, 9.17) is 0 Å². The van der Waals surface area contributed by atoms with Gasteiger partial charge in [-0.1, -0.05) is 27.2 Å². The first-order valence-corrected chi connectivity index (χ1v) is 8.32. The molecule has 0 spiro atoms.